The number of ether oxygens (including phenoxy) is 1. The van der Waals surface area contributed by atoms with E-state index in [0.717, 1.165) is 25.0 Å². The van der Waals surface area contributed by atoms with Gasteiger partial charge in [0.15, 0.2) is 0 Å². The van der Waals surface area contributed by atoms with Gasteiger partial charge in [-0.2, -0.15) is 0 Å². The fourth-order valence-corrected chi connectivity index (χ4v) is 3.01. The van der Waals surface area contributed by atoms with Crippen molar-refractivity contribution >= 4 is 71.1 Å². The summed E-state index contributed by atoms with van der Waals surface area (Å²) in [7, 11) is 0. The van der Waals surface area contributed by atoms with E-state index in [0.29, 0.717) is 6.61 Å². The zero-order chi connectivity index (χ0) is 19.3. The van der Waals surface area contributed by atoms with E-state index in [1.165, 1.54) is 89.9 Å². The fraction of sp³-hybridized carbons (Fsp3) is 0.818. The van der Waals surface area contributed by atoms with Gasteiger partial charge in [0.2, 0.25) is 0 Å². The molecular weight excluding hydrogens is 374 g/mol. The van der Waals surface area contributed by atoms with Crippen LogP contribution in [-0.4, -0.2) is 82.8 Å². The van der Waals surface area contributed by atoms with Crippen LogP contribution in [0.1, 0.15) is 110 Å². The van der Waals surface area contributed by atoms with Crippen LogP contribution in [0.25, 0.3) is 0 Å². The quantitative estimate of drug-likeness (QED) is 0.137. The monoisotopic (exact) mass is 416 g/mol. The van der Waals surface area contributed by atoms with Gasteiger partial charge in [0.1, 0.15) is 0 Å². The van der Waals surface area contributed by atoms with Crippen LogP contribution in [0, 0.1) is 0 Å². The van der Waals surface area contributed by atoms with Gasteiger partial charge in [0.25, 0.3) is 0 Å². The summed E-state index contributed by atoms with van der Waals surface area (Å²) in [4.78, 5) is 21.4. The van der Waals surface area contributed by atoms with Crippen LogP contribution in [0.15, 0.2) is 12.2 Å². The fourth-order valence-electron chi connectivity index (χ4n) is 3.01. The molecule has 156 valence electrons. The van der Waals surface area contributed by atoms with E-state index < -0.39 is 11.9 Å². The Balaban J connectivity index is -0.00000312. The second-order valence-electron chi connectivity index (χ2n) is 7.14. The molecule has 0 rings (SSSR count). The molecule has 0 radical (unpaired) electrons. The van der Waals surface area contributed by atoms with E-state index in [1.807, 2.05) is 0 Å². The number of hydrogen-bond acceptors (Lipinski definition) is 3. The first-order chi connectivity index (χ1) is 12.7. The molecule has 0 heterocycles. The van der Waals surface area contributed by atoms with E-state index in [9.17, 15) is 9.59 Å². The van der Waals surface area contributed by atoms with Crippen molar-refractivity contribution in [2.75, 3.05) is 6.61 Å². The number of carboxylic acid groups (broad SMARTS) is 1. The molecule has 0 aliphatic heterocycles. The van der Waals surface area contributed by atoms with E-state index in [2.05, 4.69) is 6.92 Å². The zero-order valence-corrected chi connectivity index (χ0v) is 16.8. The van der Waals surface area contributed by atoms with E-state index in [-0.39, 0.29) is 59.1 Å². The summed E-state index contributed by atoms with van der Waals surface area (Å²) in [5.41, 5.74) is 0. The molecule has 0 saturated heterocycles. The van der Waals surface area contributed by atoms with Crippen molar-refractivity contribution < 1.29 is 19.4 Å². The standard InChI is InChI=1S/C22H40O4.2Na.2H/c1-2-3-4-5-6-7-8-9-10-11-12-13-14-15-16-17-20-26-22(25)19-18-21(23)24;;;;/h18-19H,2-17,20H2,1H3,(H,23,24);;;;/b19-18+;;;;. The Morgan fingerprint density at radius 1 is 0.643 bits per heavy atom. The number of unbranched alkanes of at least 4 members (excludes halogenated alkanes) is 15. The van der Waals surface area contributed by atoms with Gasteiger partial charge in [-0.25, -0.2) is 9.59 Å². The number of hydrogen-bond donors (Lipinski definition) is 1. The molecule has 0 fully saturated rings. The van der Waals surface area contributed by atoms with E-state index in [4.69, 9.17) is 9.84 Å². The summed E-state index contributed by atoms with van der Waals surface area (Å²) in [5.74, 6) is -1.71. The van der Waals surface area contributed by atoms with Crippen LogP contribution in [-0.2, 0) is 14.3 Å². The predicted molar refractivity (Wildman–Crippen MR) is 122 cm³/mol. The maximum absolute atomic E-state index is 11.1. The molecular formula is C22H42Na2O4. The van der Waals surface area contributed by atoms with Gasteiger partial charge in [-0.05, 0) is 6.42 Å². The molecule has 0 bridgehead atoms. The van der Waals surface area contributed by atoms with Crippen LogP contribution in [0.4, 0.5) is 0 Å². The molecule has 0 aliphatic rings. The molecule has 0 saturated carbocycles. The Labute approximate surface area is 217 Å². The van der Waals surface area contributed by atoms with Crippen LogP contribution < -0.4 is 0 Å². The van der Waals surface area contributed by atoms with Crippen LogP contribution in [0.3, 0.4) is 0 Å². The third-order valence-corrected chi connectivity index (χ3v) is 4.60. The Morgan fingerprint density at radius 2 is 1.00 bits per heavy atom. The summed E-state index contributed by atoms with van der Waals surface area (Å²) in [6.45, 7) is 2.64. The summed E-state index contributed by atoms with van der Waals surface area (Å²) in [5, 5.41) is 8.39. The molecule has 6 heteroatoms. The summed E-state index contributed by atoms with van der Waals surface area (Å²) in [6.07, 6.45) is 22.7. The van der Waals surface area contributed by atoms with Crippen LogP contribution >= 0.6 is 0 Å². The molecule has 0 aromatic rings. The SMILES string of the molecule is CCCCCCCCCCCCCCCCCCOC(=O)/C=C/C(=O)O.[NaH].[NaH]. The molecule has 0 aromatic carbocycles. The van der Waals surface area contributed by atoms with Crippen LogP contribution in [0.5, 0.6) is 0 Å². The normalized spacial score (nSPS) is 10.3. The number of carbonyl (C=O) groups is 2. The molecule has 0 unspecified atom stereocenters. The molecule has 0 spiro atoms. The maximum atomic E-state index is 11.1. The van der Waals surface area contributed by atoms with Crippen molar-refractivity contribution in [3.8, 4) is 0 Å². The van der Waals surface area contributed by atoms with Crippen molar-refractivity contribution in [1.29, 1.82) is 0 Å². The molecule has 0 aromatic heterocycles. The van der Waals surface area contributed by atoms with Gasteiger partial charge < -0.3 is 9.84 Å². The van der Waals surface area contributed by atoms with Crippen molar-refractivity contribution in [3.05, 3.63) is 12.2 Å². The van der Waals surface area contributed by atoms with Crippen molar-refractivity contribution in [1.82, 2.24) is 0 Å². The number of carbonyl (C=O) groups excluding carboxylic acids is 1. The first-order valence-electron chi connectivity index (χ1n) is 10.7. The minimum atomic E-state index is -1.13. The van der Waals surface area contributed by atoms with Gasteiger partial charge in [0, 0.05) is 12.2 Å². The van der Waals surface area contributed by atoms with E-state index >= 15 is 0 Å². The van der Waals surface area contributed by atoms with Gasteiger partial charge in [0.05, 0.1) is 6.61 Å². The predicted octanol–water partition coefficient (Wildman–Crippen LogP) is 5.13. The Kier molecular flexibility index (Phi) is 32.9. The van der Waals surface area contributed by atoms with Gasteiger partial charge in [-0.1, -0.05) is 103 Å². The van der Waals surface area contributed by atoms with Crippen molar-refractivity contribution in [2.45, 2.75) is 110 Å². The Hall–Kier alpha value is 0.680. The zero-order valence-electron chi connectivity index (χ0n) is 16.8. The third kappa shape index (κ3) is 28.9. The average molecular weight is 417 g/mol. The van der Waals surface area contributed by atoms with Crippen LogP contribution in [0.2, 0.25) is 0 Å². The number of esters is 1. The molecule has 0 aliphatic carbocycles. The van der Waals surface area contributed by atoms with Gasteiger partial charge >= 0.3 is 71.1 Å². The Bertz CT molecular complexity index is 374. The van der Waals surface area contributed by atoms with Crippen molar-refractivity contribution in [3.63, 3.8) is 0 Å². The second kappa shape index (κ2) is 27.7. The molecule has 4 nitrogen and oxygen atoms in total. The van der Waals surface area contributed by atoms with Gasteiger partial charge in [-0.15, -0.1) is 0 Å². The average Bonchev–Trinajstić information content (AvgIpc) is 2.62. The minimum absolute atomic E-state index is 0. The molecule has 28 heavy (non-hydrogen) atoms. The topological polar surface area (TPSA) is 63.6 Å². The number of aliphatic carboxylic acids is 1. The first-order valence-corrected chi connectivity index (χ1v) is 10.7. The Morgan fingerprint density at radius 3 is 1.36 bits per heavy atom. The number of rotatable bonds is 19. The molecule has 0 amide bonds. The van der Waals surface area contributed by atoms with E-state index in [1.54, 1.807) is 0 Å². The molecule has 1 N–H and O–H groups in total. The summed E-state index contributed by atoms with van der Waals surface area (Å²) < 4.78 is 4.92. The summed E-state index contributed by atoms with van der Waals surface area (Å²) >= 11 is 0. The summed E-state index contributed by atoms with van der Waals surface area (Å²) in [6, 6.07) is 0. The molecule has 0 atom stereocenters. The second-order valence-corrected chi connectivity index (χ2v) is 7.14. The first kappa shape index (κ1) is 33.3. The third-order valence-electron chi connectivity index (χ3n) is 4.60. The van der Waals surface area contributed by atoms with Crippen molar-refractivity contribution in [2.24, 2.45) is 0 Å². The van der Waals surface area contributed by atoms with Gasteiger partial charge in [-0.3, -0.25) is 0 Å². The number of carboxylic acids is 1.